The third-order valence-electron chi connectivity index (χ3n) is 4.01. The number of hydrogen-bond donors (Lipinski definition) is 4. The van der Waals surface area contributed by atoms with E-state index in [2.05, 4.69) is 15.0 Å². The second-order valence-corrected chi connectivity index (χ2v) is 5.19. The first kappa shape index (κ1) is 13.2. The zero-order chi connectivity index (χ0) is 14.3. The fraction of sp³-hybridized carbons (Fsp3) is 0.583. The molecule has 0 spiro atoms. The summed E-state index contributed by atoms with van der Waals surface area (Å²) in [6, 6.07) is -0.137. The van der Waals surface area contributed by atoms with Crippen LogP contribution in [0.2, 0.25) is 0 Å². The SMILES string of the molecule is Nc1ncnc2c1ncn2C1C[C@@H](O)C(CO)[C@@H](O)C1. The summed E-state index contributed by atoms with van der Waals surface area (Å²) in [5, 5.41) is 29.2. The maximum Gasteiger partial charge on any atom is 0.165 e. The minimum absolute atomic E-state index is 0.137. The lowest BCUT2D eigenvalue weighted by atomic mass is 9.81. The molecule has 5 N–H and O–H groups in total. The van der Waals surface area contributed by atoms with Crippen LogP contribution in [0.1, 0.15) is 18.9 Å². The largest absolute Gasteiger partial charge is 0.396 e. The van der Waals surface area contributed by atoms with Crippen LogP contribution < -0.4 is 5.73 Å². The molecule has 0 aromatic carbocycles. The van der Waals surface area contributed by atoms with Gasteiger partial charge in [-0.3, -0.25) is 0 Å². The van der Waals surface area contributed by atoms with Gasteiger partial charge in [-0.05, 0) is 12.8 Å². The van der Waals surface area contributed by atoms with Crippen LogP contribution in [0.5, 0.6) is 0 Å². The molecule has 0 bridgehead atoms. The molecule has 2 heterocycles. The first-order valence-electron chi connectivity index (χ1n) is 6.51. The van der Waals surface area contributed by atoms with Gasteiger partial charge in [0.15, 0.2) is 11.5 Å². The molecular formula is C12H17N5O3. The van der Waals surface area contributed by atoms with Crippen LogP contribution in [0.4, 0.5) is 5.82 Å². The predicted octanol–water partition coefficient (Wildman–Crippen LogP) is -0.926. The summed E-state index contributed by atoms with van der Waals surface area (Å²) in [4.78, 5) is 12.2. The third kappa shape index (κ3) is 2.01. The maximum absolute atomic E-state index is 10.0. The van der Waals surface area contributed by atoms with E-state index < -0.39 is 18.1 Å². The molecule has 0 saturated heterocycles. The summed E-state index contributed by atoms with van der Waals surface area (Å²) < 4.78 is 1.80. The van der Waals surface area contributed by atoms with Gasteiger partial charge in [-0.1, -0.05) is 0 Å². The molecule has 0 aliphatic heterocycles. The Morgan fingerprint density at radius 2 is 1.90 bits per heavy atom. The van der Waals surface area contributed by atoms with E-state index in [9.17, 15) is 15.3 Å². The van der Waals surface area contributed by atoms with Crippen LogP contribution in [-0.2, 0) is 0 Å². The van der Waals surface area contributed by atoms with Gasteiger partial charge in [-0.25, -0.2) is 15.0 Å². The second kappa shape index (κ2) is 4.97. The molecule has 1 fully saturated rings. The van der Waals surface area contributed by atoms with Crippen molar-refractivity contribution in [1.82, 2.24) is 19.5 Å². The van der Waals surface area contributed by atoms with E-state index in [1.54, 1.807) is 10.9 Å². The van der Waals surface area contributed by atoms with E-state index in [0.29, 0.717) is 29.8 Å². The number of aromatic nitrogens is 4. The van der Waals surface area contributed by atoms with Crippen LogP contribution in [0.25, 0.3) is 11.2 Å². The minimum Gasteiger partial charge on any atom is -0.396 e. The van der Waals surface area contributed by atoms with Crippen molar-refractivity contribution in [2.45, 2.75) is 31.1 Å². The Balaban J connectivity index is 1.94. The van der Waals surface area contributed by atoms with E-state index in [1.165, 1.54) is 6.33 Å². The number of rotatable bonds is 2. The smallest absolute Gasteiger partial charge is 0.165 e. The number of nitrogens with zero attached hydrogens (tertiary/aromatic N) is 4. The number of hydrogen-bond acceptors (Lipinski definition) is 7. The first-order valence-corrected chi connectivity index (χ1v) is 6.51. The van der Waals surface area contributed by atoms with E-state index >= 15 is 0 Å². The van der Waals surface area contributed by atoms with Gasteiger partial charge >= 0.3 is 0 Å². The topological polar surface area (TPSA) is 130 Å². The Morgan fingerprint density at radius 3 is 2.55 bits per heavy atom. The highest BCUT2D eigenvalue weighted by Gasteiger charge is 2.36. The lowest BCUT2D eigenvalue weighted by molar-refractivity contribution is -0.0617. The molecule has 0 radical (unpaired) electrons. The number of fused-ring (bicyclic) bond motifs is 1. The lowest BCUT2D eigenvalue weighted by Crippen LogP contribution is -2.42. The van der Waals surface area contributed by atoms with Crippen molar-refractivity contribution in [1.29, 1.82) is 0 Å². The number of anilines is 1. The molecule has 3 rings (SSSR count). The van der Waals surface area contributed by atoms with E-state index in [4.69, 9.17) is 5.73 Å². The van der Waals surface area contributed by atoms with Crippen LogP contribution in [0, 0.1) is 5.92 Å². The third-order valence-corrected chi connectivity index (χ3v) is 4.01. The van der Waals surface area contributed by atoms with Crippen LogP contribution in [0.15, 0.2) is 12.7 Å². The Bertz CT molecular complexity index is 604. The molecule has 8 heteroatoms. The van der Waals surface area contributed by atoms with Crippen LogP contribution in [0.3, 0.4) is 0 Å². The second-order valence-electron chi connectivity index (χ2n) is 5.19. The molecule has 8 nitrogen and oxygen atoms in total. The molecule has 2 aromatic heterocycles. The van der Waals surface area contributed by atoms with Crippen LogP contribution in [-0.4, -0.2) is 53.7 Å². The van der Waals surface area contributed by atoms with Gasteiger partial charge < -0.3 is 25.6 Å². The first-order chi connectivity index (χ1) is 9.61. The lowest BCUT2D eigenvalue weighted by Gasteiger charge is -2.36. The van der Waals surface area contributed by atoms with Gasteiger partial charge in [0.1, 0.15) is 11.8 Å². The summed E-state index contributed by atoms with van der Waals surface area (Å²) >= 11 is 0. The molecule has 1 aliphatic rings. The molecule has 4 atom stereocenters. The maximum atomic E-state index is 10.0. The van der Waals surface area contributed by atoms with Gasteiger partial charge in [0.25, 0.3) is 0 Å². The highest BCUT2D eigenvalue weighted by molar-refractivity contribution is 5.81. The van der Waals surface area contributed by atoms with E-state index in [0.717, 1.165) is 0 Å². The van der Waals surface area contributed by atoms with Gasteiger partial charge in [-0.2, -0.15) is 0 Å². The molecule has 2 aromatic rings. The number of imidazole rings is 1. The van der Waals surface area contributed by atoms with E-state index in [1.807, 2.05) is 0 Å². The van der Waals surface area contributed by atoms with Gasteiger partial charge in [0.05, 0.1) is 25.1 Å². The standard InChI is InChI=1S/C12H17N5O3/c13-11-10-12(15-4-14-11)17(5-16-10)6-1-8(19)7(3-18)9(20)2-6/h4-9,18-20H,1-3H2,(H2,13,14,15)/t6?,7?,8-,9+. The van der Waals surface area contributed by atoms with Crippen molar-refractivity contribution >= 4 is 17.0 Å². The zero-order valence-corrected chi connectivity index (χ0v) is 10.8. The molecular weight excluding hydrogens is 262 g/mol. The summed E-state index contributed by atoms with van der Waals surface area (Å²) in [6.45, 7) is -0.227. The summed E-state index contributed by atoms with van der Waals surface area (Å²) in [5.41, 5.74) is 6.84. The van der Waals surface area contributed by atoms with Crippen molar-refractivity contribution in [3.05, 3.63) is 12.7 Å². The molecule has 1 saturated carbocycles. The Morgan fingerprint density at radius 1 is 1.20 bits per heavy atom. The zero-order valence-electron chi connectivity index (χ0n) is 10.8. The normalized spacial score (nSPS) is 30.8. The van der Waals surface area contributed by atoms with Crippen molar-refractivity contribution in [2.24, 2.45) is 5.92 Å². The predicted molar refractivity (Wildman–Crippen MR) is 70.6 cm³/mol. The van der Waals surface area contributed by atoms with Crippen molar-refractivity contribution in [2.75, 3.05) is 12.3 Å². The average molecular weight is 279 g/mol. The van der Waals surface area contributed by atoms with Crippen molar-refractivity contribution in [3.8, 4) is 0 Å². The monoisotopic (exact) mass is 279 g/mol. The van der Waals surface area contributed by atoms with E-state index in [-0.39, 0.29) is 12.6 Å². The van der Waals surface area contributed by atoms with Gasteiger partial charge in [-0.15, -0.1) is 0 Å². The molecule has 20 heavy (non-hydrogen) atoms. The Kier molecular flexibility index (Phi) is 3.28. The Hall–Kier alpha value is -1.77. The quantitative estimate of drug-likeness (QED) is 0.559. The number of nitrogen functional groups attached to an aromatic ring is 1. The van der Waals surface area contributed by atoms with Crippen molar-refractivity contribution < 1.29 is 15.3 Å². The van der Waals surface area contributed by atoms with Crippen LogP contribution >= 0.6 is 0 Å². The number of aliphatic hydroxyl groups is 3. The summed E-state index contributed by atoms with van der Waals surface area (Å²) in [7, 11) is 0. The minimum atomic E-state index is -0.759. The molecule has 0 amide bonds. The fourth-order valence-corrected chi connectivity index (χ4v) is 2.87. The number of aliphatic hydroxyl groups excluding tert-OH is 3. The average Bonchev–Trinajstić information content (AvgIpc) is 2.83. The Labute approximate surface area is 114 Å². The summed E-state index contributed by atoms with van der Waals surface area (Å²) in [6.07, 6.45) is 2.30. The highest BCUT2D eigenvalue weighted by Crippen LogP contribution is 2.34. The molecule has 1 aliphatic carbocycles. The molecule has 2 unspecified atom stereocenters. The highest BCUT2D eigenvalue weighted by atomic mass is 16.3. The van der Waals surface area contributed by atoms with Crippen molar-refractivity contribution in [3.63, 3.8) is 0 Å². The molecule has 108 valence electrons. The van der Waals surface area contributed by atoms with Gasteiger partial charge in [0.2, 0.25) is 0 Å². The summed E-state index contributed by atoms with van der Waals surface area (Å²) in [5.74, 6) is -0.195. The van der Waals surface area contributed by atoms with Gasteiger partial charge in [0, 0.05) is 12.0 Å². The number of nitrogens with two attached hydrogens (primary N) is 1. The fourth-order valence-electron chi connectivity index (χ4n) is 2.87.